The Labute approximate surface area is 188 Å². The summed E-state index contributed by atoms with van der Waals surface area (Å²) in [7, 11) is 1.19. The average Bonchev–Trinajstić information content (AvgIpc) is 2.76. The molecule has 176 valence electrons. The minimum Gasteiger partial charge on any atom is -0.490 e. The van der Waals surface area contributed by atoms with Crippen molar-refractivity contribution in [2.24, 2.45) is 5.16 Å². The molecule has 0 fully saturated rings. The number of aliphatic hydroxyl groups is 2. The SMILES string of the molecule is COC(=O)/C(=C/c1ccc(OC/C=C(\C)CC[C@H](O)C(C)(C)O)cc1)NC(=O)/C(C)=N\O. The third-order valence-corrected chi connectivity index (χ3v) is 4.63. The van der Waals surface area contributed by atoms with Crippen LogP contribution in [0.2, 0.25) is 0 Å². The van der Waals surface area contributed by atoms with Crippen molar-refractivity contribution in [2.45, 2.75) is 52.2 Å². The lowest BCUT2D eigenvalue weighted by Crippen LogP contribution is -2.35. The molecule has 0 saturated heterocycles. The van der Waals surface area contributed by atoms with Gasteiger partial charge in [0.05, 0.1) is 18.8 Å². The second-order valence-electron chi connectivity index (χ2n) is 7.83. The zero-order valence-electron chi connectivity index (χ0n) is 19.1. The van der Waals surface area contributed by atoms with E-state index in [1.54, 1.807) is 38.1 Å². The van der Waals surface area contributed by atoms with Gasteiger partial charge in [0, 0.05) is 0 Å². The molecule has 0 saturated carbocycles. The van der Waals surface area contributed by atoms with Crippen molar-refractivity contribution in [3.8, 4) is 5.75 Å². The molecule has 0 bridgehead atoms. The maximum absolute atomic E-state index is 11.9. The maximum atomic E-state index is 11.9. The highest BCUT2D eigenvalue weighted by molar-refractivity contribution is 6.38. The van der Waals surface area contributed by atoms with Crippen LogP contribution < -0.4 is 10.1 Å². The lowest BCUT2D eigenvalue weighted by atomic mass is 9.96. The molecule has 1 aromatic rings. The van der Waals surface area contributed by atoms with Crippen molar-refractivity contribution < 1.29 is 34.5 Å². The molecule has 0 aliphatic carbocycles. The summed E-state index contributed by atoms with van der Waals surface area (Å²) < 4.78 is 10.3. The van der Waals surface area contributed by atoms with E-state index in [1.807, 2.05) is 13.0 Å². The first-order chi connectivity index (χ1) is 15.0. The first-order valence-electron chi connectivity index (χ1n) is 10.1. The number of carbonyl (C=O) groups excluding carboxylic acids is 2. The number of oxime groups is 1. The summed E-state index contributed by atoms with van der Waals surface area (Å²) in [5, 5.41) is 33.5. The molecule has 1 amide bonds. The molecule has 0 radical (unpaired) electrons. The van der Waals surface area contributed by atoms with Gasteiger partial charge in [0.25, 0.3) is 5.91 Å². The quantitative estimate of drug-likeness (QED) is 0.102. The Kier molecular flexibility index (Phi) is 10.6. The first kappa shape index (κ1) is 26.9. The van der Waals surface area contributed by atoms with Crippen LogP contribution in [-0.2, 0) is 14.3 Å². The molecule has 1 aromatic carbocycles. The van der Waals surface area contributed by atoms with E-state index in [0.717, 1.165) is 5.57 Å². The number of amides is 1. The number of rotatable bonds is 11. The molecular weight excluding hydrogens is 416 g/mol. The van der Waals surface area contributed by atoms with Crippen LogP contribution in [0.4, 0.5) is 0 Å². The van der Waals surface area contributed by atoms with Crippen LogP contribution in [0.3, 0.4) is 0 Å². The number of nitrogens with zero attached hydrogens (tertiary/aromatic N) is 1. The number of nitrogens with one attached hydrogen (secondary N) is 1. The van der Waals surface area contributed by atoms with Crippen LogP contribution in [0.25, 0.3) is 6.08 Å². The fraction of sp³-hybridized carbons (Fsp3) is 0.435. The molecule has 32 heavy (non-hydrogen) atoms. The maximum Gasteiger partial charge on any atom is 0.354 e. The molecule has 9 nitrogen and oxygen atoms in total. The van der Waals surface area contributed by atoms with E-state index in [-0.39, 0.29) is 11.4 Å². The van der Waals surface area contributed by atoms with Crippen molar-refractivity contribution in [3.05, 3.63) is 47.2 Å². The molecule has 1 rings (SSSR count). The number of hydrogen-bond acceptors (Lipinski definition) is 8. The molecule has 0 spiro atoms. The van der Waals surface area contributed by atoms with Crippen molar-refractivity contribution in [2.75, 3.05) is 13.7 Å². The lowest BCUT2D eigenvalue weighted by molar-refractivity contribution is -0.137. The number of hydrogen-bond donors (Lipinski definition) is 4. The largest absolute Gasteiger partial charge is 0.490 e. The van der Waals surface area contributed by atoms with Crippen molar-refractivity contribution in [1.29, 1.82) is 0 Å². The van der Waals surface area contributed by atoms with Gasteiger partial charge in [-0.05, 0) is 70.4 Å². The minimum absolute atomic E-state index is 0.110. The Morgan fingerprint density at radius 1 is 1.22 bits per heavy atom. The van der Waals surface area contributed by atoms with E-state index in [9.17, 15) is 19.8 Å². The summed E-state index contributed by atoms with van der Waals surface area (Å²) in [4.78, 5) is 23.8. The Hall–Kier alpha value is -3.17. The fourth-order valence-corrected chi connectivity index (χ4v) is 2.44. The highest BCUT2D eigenvalue weighted by Crippen LogP contribution is 2.17. The van der Waals surface area contributed by atoms with Crippen molar-refractivity contribution in [3.63, 3.8) is 0 Å². The van der Waals surface area contributed by atoms with Gasteiger partial charge in [-0.15, -0.1) is 0 Å². The number of ether oxygens (including phenoxy) is 2. The molecule has 0 unspecified atom stereocenters. The van der Waals surface area contributed by atoms with Crippen LogP contribution in [0.1, 0.15) is 46.1 Å². The molecule has 0 aromatic heterocycles. The van der Waals surface area contributed by atoms with Crippen LogP contribution in [0, 0.1) is 0 Å². The number of allylic oxidation sites excluding steroid dienone is 1. The van der Waals surface area contributed by atoms with Crippen LogP contribution in [0.15, 0.2) is 46.8 Å². The van der Waals surface area contributed by atoms with Gasteiger partial charge < -0.3 is 30.2 Å². The standard InChI is InChI=1S/C23H32N2O7/c1-15(6-11-20(26)23(3,4)29)12-13-32-18-9-7-17(8-10-18)14-19(22(28)31-5)24-21(27)16(2)25-30/h7-10,12,14,20,26,29-30H,6,11,13H2,1-5H3,(H,24,27)/b15-12+,19-14-,25-16-/t20-/m0/s1. The average molecular weight is 449 g/mol. The zero-order valence-corrected chi connectivity index (χ0v) is 19.1. The summed E-state index contributed by atoms with van der Waals surface area (Å²) >= 11 is 0. The molecular formula is C23H32N2O7. The summed E-state index contributed by atoms with van der Waals surface area (Å²) in [6.07, 6.45) is 3.62. The normalized spacial score (nSPS) is 14.0. The van der Waals surface area contributed by atoms with E-state index in [2.05, 4.69) is 15.2 Å². The molecule has 0 heterocycles. The van der Waals surface area contributed by atoms with Gasteiger partial charge in [-0.3, -0.25) is 4.79 Å². The molecule has 0 aliphatic rings. The number of benzene rings is 1. The summed E-state index contributed by atoms with van der Waals surface area (Å²) in [5.74, 6) is -0.879. The fourth-order valence-electron chi connectivity index (χ4n) is 2.44. The molecule has 0 aliphatic heterocycles. The van der Waals surface area contributed by atoms with Gasteiger partial charge in [0.15, 0.2) is 0 Å². The Morgan fingerprint density at radius 2 is 1.84 bits per heavy atom. The van der Waals surface area contributed by atoms with Gasteiger partial charge in [0.1, 0.15) is 23.8 Å². The smallest absolute Gasteiger partial charge is 0.354 e. The van der Waals surface area contributed by atoms with E-state index >= 15 is 0 Å². The predicted molar refractivity (Wildman–Crippen MR) is 120 cm³/mol. The number of methoxy groups -OCH3 is 1. The van der Waals surface area contributed by atoms with Gasteiger partial charge in [0.2, 0.25) is 0 Å². The highest BCUT2D eigenvalue weighted by Gasteiger charge is 2.23. The summed E-state index contributed by atoms with van der Waals surface area (Å²) in [6.45, 7) is 6.71. The number of esters is 1. The Bertz CT molecular complexity index is 865. The van der Waals surface area contributed by atoms with Gasteiger partial charge in [-0.25, -0.2) is 4.79 Å². The Morgan fingerprint density at radius 3 is 2.38 bits per heavy atom. The van der Waals surface area contributed by atoms with E-state index in [1.165, 1.54) is 20.1 Å². The minimum atomic E-state index is -1.13. The van der Waals surface area contributed by atoms with Crippen molar-refractivity contribution >= 4 is 23.7 Å². The van der Waals surface area contributed by atoms with E-state index < -0.39 is 23.6 Å². The molecule has 4 N–H and O–H groups in total. The molecule has 9 heteroatoms. The van der Waals surface area contributed by atoms with Crippen LogP contribution >= 0.6 is 0 Å². The van der Waals surface area contributed by atoms with Gasteiger partial charge >= 0.3 is 5.97 Å². The van der Waals surface area contributed by atoms with Gasteiger partial charge in [-0.2, -0.15) is 0 Å². The highest BCUT2D eigenvalue weighted by atomic mass is 16.5. The summed E-state index contributed by atoms with van der Waals surface area (Å²) in [6, 6.07) is 6.83. The first-order valence-corrected chi connectivity index (χ1v) is 10.1. The Balaban J connectivity index is 2.72. The third-order valence-electron chi connectivity index (χ3n) is 4.63. The zero-order chi connectivity index (χ0) is 24.3. The van der Waals surface area contributed by atoms with Gasteiger partial charge in [-0.1, -0.05) is 22.9 Å². The van der Waals surface area contributed by atoms with Crippen molar-refractivity contribution in [1.82, 2.24) is 5.32 Å². The monoisotopic (exact) mass is 448 g/mol. The third kappa shape index (κ3) is 9.32. The second kappa shape index (κ2) is 12.6. The summed E-state index contributed by atoms with van der Waals surface area (Å²) in [5.41, 5.74) is 0.203. The van der Waals surface area contributed by atoms with E-state index in [4.69, 9.17) is 9.94 Å². The van der Waals surface area contributed by atoms with Crippen LogP contribution in [-0.4, -0.2) is 58.4 Å². The lowest BCUT2D eigenvalue weighted by Gasteiger charge is -2.24. The van der Waals surface area contributed by atoms with E-state index in [0.29, 0.717) is 30.8 Å². The van der Waals surface area contributed by atoms with Crippen LogP contribution in [0.5, 0.6) is 5.75 Å². The molecule has 1 atom stereocenters. The number of carbonyl (C=O) groups is 2. The number of aliphatic hydroxyl groups excluding tert-OH is 1. The topological polar surface area (TPSA) is 138 Å². The second-order valence-corrected chi connectivity index (χ2v) is 7.83. The predicted octanol–water partition coefficient (Wildman–Crippen LogP) is 2.40.